The maximum atomic E-state index is 13.8. The van der Waals surface area contributed by atoms with Crippen LogP contribution in [-0.4, -0.2) is 56.7 Å². The van der Waals surface area contributed by atoms with Crippen molar-refractivity contribution in [2.24, 2.45) is 5.92 Å². The minimum atomic E-state index is -3.72. The van der Waals surface area contributed by atoms with Crippen molar-refractivity contribution in [1.82, 2.24) is 9.21 Å². The summed E-state index contributed by atoms with van der Waals surface area (Å²) in [5.74, 6) is -3.02. The summed E-state index contributed by atoms with van der Waals surface area (Å²) in [5, 5.41) is -0.247. The number of halogens is 2. The van der Waals surface area contributed by atoms with Crippen molar-refractivity contribution in [2.45, 2.75) is 24.5 Å². The van der Waals surface area contributed by atoms with Crippen LogP contribution in [0, 0.1) is 17.6 Å². The van der Waals surface area contributed by atoms with Gasteiger partial charge in [-0.1, -0.05) is 0 Å². The van der Waals surface area contributed by atoms with Gasteiger partial charge in [0.1, 0.15) is 24.0 Å². The first-order valence-corrected chi connectivity index (χ1v) is 11.0. The second-order valence-electron chi connectivity index (χ2n) is 7.31. The second-order valence-corrected chi connectivity index (χ2v) is 9.39. The number of benzene rings is 1. The van der Waals surface area contributed by atoms with E-state index in [1.165, 1.54) is 31.1 Å². The number of nitrogens with zero attached hydrogens (tertiary/aromatic N) is 2. The zero-order valence-electron chi connectivity index (χ0n) is 17.0. The first-order valence-electron chi connectivity index (χ1n) is 9.52. The molecule has 0 unspecified atom stereocenters. The van der Waals surface area contributed by atoms with Crippen molar-refractivity contribution in [3.63, 3.8) is 0 Å². The second kappa shape index (κ2) is 9.15. The zero-order chi connectivity index (χ0) is 22.8. The van der Waals surface area contributed by atoms with Crippen LogP contribution in [0.4, 0.5) is 8.78 Å². The van der Waals surface area contributed by atoms with E-state index < -0.39 is 39.5 Å². The van der Waals surface area contributed by atoms with Gasteiger partial charge >= 0.3 is 5.97 Å². The smallest absolute Gasteiger partial charge is 0.309 e. The molecule has 0 spiro atoms. The molecule has 0 radical (unpaired) electrons. The van der Waals surface area contributed by atoms with Crippen LogP contribution in [0.1, 0.15) is 29.0 Å². The molecule has 2 heterocycles. The van der Waals surface area contributed by atoms with Crippen LogP contribution in [0.15, 0.2) is 39.8 Å². The Hall–Kier alpha value is -2.79. The standard InChI is InChI=1S/C20H22F2N2O6S/c1-23(2)31(27,28)18-6-4-15(30-18)12-29-20(26)13-7-9-24(10-8-13)19(25)16-5-3-14(21)11-17(16)22/h3-6,11,13H,7-10,12H2,1-2H3. The maximum Gasteiger partial charge on any atom is 0.309 e. The van der Waals surface area contributed by atoms with Gasteiger partial charge in [-0.15, -0.1) is 0 Å². The molecular formula is C20H22F2N2O6S. The van der Waals surface area contributed by atoms with Crippen molar-refractivity contribution < 1.29 is 35.9 Å². The lowest BCUT2D eigenvalue weighted by Crippen LogP contribution is -2.41. The summed E-state index contributed by atoms with van der Waals surface area (Å²) in [7, 11) is -0.968. The number of amides is 1. The number of likely N-dealkylation sites (tertiary alicyclic amines) is 1. The van der Waals surface area contributed by atoms with Gasteiger partial charge in [0.25, 0.3) is 15.9 Å². The number of ether oxygens (including phenoxy) is 1. The number of furan rings is 1. The number of rotatable bonds is 6. The number of carbonyl (C=O) groups is 2. The lowest BCUT2D eigenvalue weighted by molar-refractivity contribution is -0.152. The molecule has 0 atom stereocenters. The molecule has 1 aliphatic rings. The third-order valence-electron chi connectivity index (χ3n) is 5.01. The van der Waals surface area contributed by atoms with E-state index >= 15 is 0 Å². The normalized spacial score (nSPS) is 15.3. The third kappa shape index (κ3) is 5.10. The van der Waals surface area contributed by atoms with Gasteiger partial charge in [-0.2, -0.15) is 0 Å². The molecular weight excluding hydrogens is 434 g/mol. The average Bonchev–Trinajstić information content (AvgIpc) is 3.21. The van der Waals surface area contributed by atoms with Crippen molar-refractivity contribution >= 4 is 21.9 Å². The van der Waals surface area contributed by atoms with E-state index in [-0.39, 0.29) is 36.1 Å². The number of carbonyl (C=O) groups excluding carboxylic acids is 2. The van der Waals surface area contributed by atoms with Crippen LogP contribution < -0.4 is 0 Å². The molecule has 31 heavy (non-hydrogen) atoms. The van der Waals surface area contributed by atoms with Crippen LogP contribution in [0.5, 0.6) is 0 Å². The highest BCUT2D eigenvalue weighted by atomic mass is 32.2. The van der Waals surface area contributed by atoms with Crippen molar-refractivity contribution in [1.29, 1.82) is 0 Å². The van der Waals surface area contributed by atoms with E-state index in [2.05, 4.69) is 0 Å². The Bertz CT molecular complexity index is 1080. The third-order valence-corrected chi connectivity index (χ3v) is 6.70. The fourth-order valence-electron chi connectivity index (χ4n) is 3.17. The Kier molecular flexibility index (Phi) is 6.75. The zero-order valence-corrected chi connectivity index (χ0v) is 17.8. The van der Waals surface area contributed by atoms with E-state index in [1.807, 2.05) is 0 Å². The first kappa shape index (κ1) is 22.9. The highest BCUT2D eigenvalue weighted by molar-refractivity contribution is 7.88. The van der Waals surface area contributed by atoms with Crippen molar-refractivity contribution in [3.8, 4) is 0 Å². The van der Waals surface area contributed by atoms with Gasteiger partial charge < -0.3 is 14.1 Å². The molecule has 0 bridgehead atoms. The minimum Gasteiger partial charge on any atom is -0.457 e. The predicted octanol–water partition coefficient (Wildman–Crippen LogP) is 2.40. The SMILES string of the molecule is CN(C)S(=O)(=O)c1ccc(COC(=O)C2CCN(C(=O)c3ccc(F)cc3F)CC2)o1. The molecule has 1 aliphatic heterocycles. The van der Waals surface area contributed by atoms with E-state index in [1.54, 1.807) is 0 Å². The van der Waals surface area contributed by atoms with Crippen LogP contribution >= 0.6 is 0 Å². The molecule has 0 saturated carbocycles. The Balaban J connectivity index is 1.52. The molecule has 3 rings (SSSR count). The van der Waals surface area contributed by atoms with Gasteiger partial charge in [0.2, 0.25) is 5.09 Å². The lowest BCUT2D eigenvalue weighted by atomic mass is 9.96. The number of hydrogen-bond acceptors (Lipinski definition) is 6. The van der Waals surface area contributed by atoms with E-state index in [4.69, 9.17) is 9.15 Å². The van der Waals surface area contributed by atoms with Crippen LogP contribution in [0.25, 0.3) is 0 Å². The van der Waals surface area contributed by atoms with Gasteiger partial charge in [-0.3, -0.25) is 9.59 Å². The van der Waals surface area contributed by atoms with E-state index in [0.29, 0.717) is 18.9 Å². The average molecular weight is 456 g/mol. The fourth-order valence-corrected chi connectivity index (χ4v) is 3.98. The van der Waals surface area contributed by atoms with Gasteiger partial charge in [0.15, 0.2) is 0 Å². The number of hydrogen-bond donors (Lipinski definition) is 0. The fraction of sp³-hybridized carbons (Fsp3) is 0.400. The minimum absolute atomic E-state index is 0.188. The van der Waals surface area contributed by atoms with Gasteiger partial charge in [0, 0.05) is 33.3 Å². The molecule has 11 heteroatoms. The summed E-state index contributed by atoms with van der Waals surface area (Å²) in [6, 6.07) is 5.48. The molecule has 0 N–H and O–H groups in total. The summed E-state index contributed by atoms with van der Waals surface area (Å²) in [6.45, 7) is 0.227. The Morgan fingerprint density at radius 2 is 1.84 bits per heavy atom. The summed E-state index contributed by atoms with van der Waals surface area (Å²) in [6.07, 6.45) is 0.650. The summed E-state index contributed by atoms with van der Waals surface area (Å²) in [5.41, 5.74) is -0.219. The van der Waals surface area contributed by atoms with Crippen LogP contribution in [-0.2, 0) is 26.2 Å². The Labute approximate surface area is 178 Å². The van der Waals surface area contributed by atoms with Crippen molar-refractivity contribution in [3.05, 3.63) is 53.3 Å². The number of sulfonamides is 1. The van der Waals surface area contributed by atoms with Gasteiger partial charge in [0.05, 0.1) is 11.5 Å². The molecule has 168 valence electrons. The number of esters is 1. The molecule has 1 saturated heterocycles. The van der Waals surface area contributed by atoms with Crippen LogP contribution in [0.3, 0.4) is 0 Å². The maximum absolute atomic E-state index is 13.8. The summed E-state index contributed by atoms with van der Waals surface area (Å²) in [4.78, 5) is 26.2. The van der Waals surface area contributed by atoms with E-state index in [9.17, 15) is 26.8 Å². The van der Waals surface area contributed by atoms with Crippen LogP contribution in [0.2, 0.25) is 0 Å². The lowest BCUT2D eigenvalue weighted by Gasteiger charge is -2.31. The summed E-state index contributed by atoms with van der Waals surface area (Å²) < 4.78 is 62.3. The topological polar surface area (TPSA) is 97.1 Å². The quantitative estimate of drug-likeness (QED) is 0.620. The van der Waals surface area contributed by atoms with Gasteiger partial charge in [-0.25, -0.2) is 21.5 Å². The highest BCUT2D eigenvalue weighted by Gasteiger charge is 2.30. The molecule has 1 aromatic carbocycles. The molecule has 1 amide bonds. The van der Waals surface area contributed by atoms with E-state index in [0.717, 1.165) is 16.4 Å². The highest BCUT2D eigenvalue weighted by Crippen LogP contribution is 2.23. The largest absolute Gasteiger partial charge is 0.457 e. The summed E-state index contributed by atoms with van der Waals surface area (Å²) >= 11 is 0. The number of piperidine rings is 1. The monoisotopic (exact) mass is 456 g/mol. The molecule has 0 aliphatic carbocycles. The molecule has 1 fully saturated rings. The van der Waals surface area contributed by atoms with Crippen molar-refractivity contribution in [2.75, 3.05) is 27.2 Å². The molecule has 8 nitrogen and oxygen atoms in total. The Morgan fingerprint density at radius 3 is 2.45 bits per heavy atom. The van der Waals surface area contributed by atoms with Gasteiger partial charge in [-0.05, 0) is 37.1 Å². The predicted molar refractivity (Wildman–Crippen MR) is 104 cm³/mol. The molecule has 1 aromatic heterocycles. The molecule has 2 aromatic rings. The first-order chi connectivity index (χ1) is 14.6. The Morgan fingerprint density at radius 1 is 1.16 bits per heavy atom.